The molecule has 8 heteroatoms. The van der Waals surface area contributed by atoms with Gasteiger partial charge in [-0.05, 0) is 44.2 Å². The third-order valence-corrected chi connectivity index (χ3v) is 3.11. The zero-order valence-electron chi connectivity index (χ0n) is 14.4. The van der Waals surface area contributed by atoms with E-state index < -0.39 is 24.4 Å². The minimum atomic E-state index is -0.768. The third kappa shape index (κ3) is 5.10. The SMILES string of the molecule is CCOc1ccc(C(=O)OCC(=O)NC(=O)c2ccco2)cc1OCC. The standard InChI is InChI=1S/C18H19NO7/c1-3-23-13-8-7-12(10-15(13)24-4-2)18(22)26-11-16(20)19-17(21)14-6-5-9-25-14/h5-10H,3-4,11H2,1-2H3,(H,19,20,21). The summed E-state index contributed by atoms with van der Waals surface area (Å²) in [7, 11) is 0. The summed E-state index contributed by atoms with van der Waals surface area (Å²) in [4.78, 5) is 35.4. The number of ether oxygens (including phenoxy) is 3. The summed E-state index contributed by atoms with van der Waals surface area (Å²) in [6.07, 6.45) is 1.31. The highest BCUT2D eigenvalue weighted by atomic mass is 16.5. The first-order valence-electron chi connectivity index (χ1n) is 7.99. The molecular formula is C18H19NO7. The number of rotatable bonds is 8. The van der Waals surface area contributed by atoms with Crippen LogP contribution in [0.1, 0.15) is 34.8 Å². The van der Waals surface area contributed by atoms with Gasteiger partial charge in [-0.25, -0.2) is 4.79 Å². The average Bonchev–Trinajstić information content (AvgIpc) is 3.16. The van der Waals surface area contributed by atoms with E-state index in [2.05, 4.69) is 5.32 Å². The molecule has 1 heterocycles. The van der Waals surface area contributed by atoms with E-state index in [1.807, 2.05) is 6.92 Å². The Balaban J connectivity index is 1.93. The lowest BCUT2D eigenvalue weighted by atomic mass is 10.2. The fourth-order valence-electron chi connectivity index (χ4n) is 2.02. The Kier molecular flexibility index (Phi) is 6.78. The largest absolute Gasteiger partial charge is 0.490 e. The van der Waals surface area contributed by atoms with E-state index in [9.17, 15) is 14.4 Å². The van der Waals surface area contributed by atoms with Gasteiger partial charge < -0.3 is 18.6 Å². The average molecular weight is 361 g/mol. The Bertz CT molecular complexity index is 768. The smallest absolute Gasteiger partial charge is 0.338 e. The Labute approximate surface area is 150 Å². The summed E-state index contributed by atoms with van der Waals surface area (Å²) in [5, 5.41) is 2.05. The number of carbonyl (C=O) groups excluding carboxylic acids is 3. The van der Waals surface area contributed by atoms with Crippen molar-refractivity contribution >= 4 is 17.8 Å². The number of hydrogen-bond donors (Lipinski definition) is 1. The predicted molar refractivity (Wildman–Crippen MR) is 90.2 cm³/mol. The van der Waals surface area contributed by atoms with Gasteiger partial charge in [0.1, 0.15) is 0 Å². The van der Waals surface area contributed by atoms with E-state index in [1.165, 1.54) is 30.5 Å². The van der Waals surface area contributed by atoms with Gasteiger partial charge in [0.15, 0.2) is 23.9 Å². The molecule has 2 aromatic rings. The summed E-state index contributed by atoms with van der Waals surface area (Å²) in [5.41, 5.74) is 0.196. The minimum Gasteiger partial charge on any atom is -0.490 e. The number of furan rings is 1. The van der Waals surface area contributed by atoms with Gasteiger partial charge in [0, 0.05) is 0 Å². The third-order valence-electron chi connectivity index (χ3n) is 3.11. The van der Waals surface area contributed by atoms with Crippen LogP contribution >= 0.6 is 0 Å². The van der Waals surface area contributed by atoms with Crippen LogP contribution in [0.4, 0.5) is 0 Å². The van der Waals surface area contributed by atoms with Crippen molar-refractivity contribution in [2.45, 2.75) is 13.8 Å². The molecule has 0 saturated carbocycles. The zero-order valence-corrected chi connectivity index (χ0v) is 14.4. The molecule has 0 bridgehead atoms. The van der Waals surface area contributed by atoms with Gasteiger partial charge in [-0.15, -0.1) is 0 Å². The van der Waals surface area contributed by atoms with Crippen LogP contribution in [0.2, 0.25) is 0 Å². The summed E-state index contributed by atoms with van der Waals surface area (Å²) in [6, 6.07) is 7.49. The predicted octanol–water partition coefficient (Wildman–Crippen LogP) is 2.19. The normalized spacial score (nSPS) is 10.1. The second-order valence-corrected chi connectivity index (χ2v) is 4.96. The van der Waals surface area contributed by atoms with Gasteiger partial charge in [-0.2, -0.15) is 0 Å². The molecule has 0 fully saturated rings. The number of hydrogen-bond acceptors (Lipinski definition) is 7. The van der Waals surface area contributed by atoms with Crippen molar-refractivity contribution in [2.75, 3.05) is 19.8 Å². The molecule has 1 aromatic heterocycles. The lowest BCUT2D eigenvalue weighted by Gasteiger charge is -2.12. The molecule has 26 heavy (non-hydrogen) atoms. The van der Waals surface area contributed by atoms with Crippen LogP contribution < -0.4 is 14.8 Å². The fraction of sp³-hybridized carbons (Fsp3) is 0.278. The van der Waals surface area contributed by atoms with Gasteiger partial charge >= 0.3 is 5.97 Å². The van der Waals surface area contributed by atoms with E-state index in [0.717, 1.165) is 0 Å². The van der Waals surface area contributed by atoms with Crippen molar-refractivity contribution in [3.8, 4) is 11.5 Å². The van der Waals surface area contributed by atoms with Crippen LogP contribution in [0, 0.1) is 0 Å². The molecule has 0 spiro atoms. The maximum Gasteiger partial charge on any atom is 0.338 e. The quantitative estimate of drug-likeness (QED) is 0.719. The molecule has 0 atom stereocenters. The molecule has 138 valence electrons. The fourth-order valence-corrected chi connectivity index (χ4v) is 2.02. The van der Waals surface area contributed by atoms with E-state index in [4.69, 9.17) is 18.6 Å². The Morgan fingerprint density at radius 3 is 2.42 bits per heavy atom. The molecule has 0 unspecified atom stereocenters. The molecule has 0 saturated heterocycles. The van der Waals surface area contributed by atoms with Gasteiger partial charge in [0.25, 0.3) is 11.8 Å². The van der Waals surface area contributed by atoms with Crippen molar-refractivity contribution in [3.05, 3.63) is 47.9 Å². The van der Waals surface area contributed by atoms with Crippen molar-refractivity contribution in [2.24, 2.45) is 0 Å². The minimum absolute atomic E-state index is 0.0162. The van der Waals surface area contributed by atoms with Crippen LogP contribution in [0.5, 0.6) is 11.5 Å². The highest BCUT2D eigenvalue weighted by Gasteiger charge is 2.16. The van der Waals surface area contributed by atoms with Crippen LogP contribution in [0.15, 0.2) is 41.0 Å². The maximum absolute atomic E-state index is 12.1. The number of carbonyl (C=O) groups is 3. The molecule has 0 aliphatic heterocycles. The van der Waals surface area contributed by atoms with E-state index in [1.54, 1.807) is 13.0 Å². The van der Waals surface area contributed by atoms with E-state index >= 15 is 0 Å². The number of esters is 1. The van der Waals surface area contributed by atoms with Crippen molar-refractivity contribution in [1.29, 1.82) is 0 Å². The Morgan fingerprint density at radius 1 is 1.04 bits per heavy atom. The highest BCUT2D eigenvalue weighted by Crippen LogP contribution is 2.28. The van der Waals surface area contributed by atoms with E-state index in [0.29, 0.717) is 24.7 Å². The summed E-state index contributed by atoms with van der Waals surface area (Å²) >= 11 is 0. The molecule has 1 N–H and O–H groups in total. The summed E-state index contributed by atoms with van der Waals surface area (Å²) < 4.78 is 20.6. The molecule has 0 aliphatic rings. The van der Waals surface area contributed by atoms with Gasteiger partial charge in [-0.1, -0.05) is 0 Å². The number of amides is 2. The van der Waals surface area contributed by atoms with Crippen molar-refractivity contribution in [3.63, 3.8) is 0 Å². The number of nitrogens with one attached hydrogen (secondary N) is 1. The van der Waals surface area contributed by atoms with Crippen LogP contribution in [0.3, 0.4) is 0 Å². The van der Waals surface area contributed by atoms with Gasteiger partial charge in [0.2, 0.25) is 0 Å². The van der Waals surface area contributed by atoms with Crippen LogP contribution in [-0.2, 0) is 9.53 Å². The van der Waals surface area contributed by atoms with E-state index in [-0.39, 0.29) is 11.3 Å². The number of imide groups is 1. The highest BCUT2D eigenvalue weighted by molar-refractivity contribution is 6.04. The monoisotopic (exact) mass is 361 g/mol. The zero-order chi connectivity index (χ0) is 18.9. The van der Waals surface area contributed by atoms with Gasteiger partial charge in [-0.3, -0.25) is 14.9 Å². The maximum atomic E-state index is 12.1. The Hall–Kier alpha value is -3.29. The summed E-state index contributed by atoms with van der Waals surface area (Å²) in [6.45, 7) is 3.88. The Morgan fingerprint density at radius 2 is 1.77 bits per heavy atom. The lowest BCUT2D eigenvalue weighted by molar-refractivity contribution is -0.123. The first-order chi connectivity index (χ1) is 12.5. The summed E-state index contributed by atoms with van der Waals surface area (Å²) in [5.74, 6) is -1.31. The molecule has 8 nitrogen and oxygen atoms in total. The second kappa shape index (κ2) is 9.26. The first-order valence-corrected chi connectivity index (χ1v) is 7.99. The van der Waals surface area contributed by atoms with Crippen molar-refractivity contribution < 1.29 is 33.0 Å². The number of benzene rings is 1. The topological polar surface area (TPSA) is 104 Å². The van der Waals surface area contributed by atoms with Crippen LogP contribution in [0.25, 0.3) is 0 Å². The molecular weight excluding hydrogens is 342 g/mol. The second-order valence-electron chi connectivity index (χ2n) is 4.96. The molecule has 2 amide bonds. The van der Waals surface area contributed by atoms with Crippen LogP contribution in [-0.4, -0.2) is 37.6 Å². The van der Waals surface area contributed by atoms with Crippen molar-refractivity contribution in [1.82, 2.24) is 5.32 Å². The molecule has 1 aromatic carbocycles. The molecule has 0 radical (unpaired) electrons. The van der Waals surface area contributed by atoms with Gasteiger partial charge in [0.05, 0.1) is 25.0 Å². The first kappa shape index (κ1) is 19.0. The molecule has 2 rings (SSSR count). The molecule has 0 aliphatic carbocycles. The lowest BCUT2D eigenvalue weighted by Crippen LogP contribution is -2.33.